The van der Waals surface area contributed by atoms with E-state index in [9.17, 15) is 9.59 Å². The third-order valence-corrected chi connectivity index (χ3v) is 4.30. The minimum absolute atomic E-state index is 0.104. The maximum absolute atomic E-state index is 12.9. The van der Waals surface area contributed by atoms with Gasteiger partial charge in [0.15, 0.2) is 0 Å². The first kappa shape index (κ1) is 20.5. The van der Waals surface area contributed by atoms with Gasteiger partial charge < -0.3 is 15.4 Å². The monoisotopic (exact) mass is 368 g/mol. The Morgan fingerprint density at radius 1 is 1.00 bits per heavy atom. The molecule has 0 saturated heterocycles. The molecule has 2 aromatic carbocycles. The smallest absolute Gasteiger partial charge is 0.253 e. The van der Waals surface area contributed by atoms with Crippen LogP contribution in [0.5, 0.6) is 5.75 Å². The van der Waals surface area contributed by atoms with Crippen LogP contribution in [0.3, 0.4) is 0 Å². The van der Waals surface area contributed by atoms with Crippen molar-refractivity contribution < 1.29 is 14.3 Å². The van der Waals surface area contributed by atoms with Gasteiger partial charge in [-0.2, -0.15) is 0 Å². The lowest BCUT2D eigenvalue weighted by Crippen LogP contribution is -2.35. The quantitative estimate of drug-likeness (QED) is 0.618. The normalized spacial score (nSPS) is 10.4. The molecule has 2 amide bonds. The van der Waals surface area contributed by atoms with Crippen LogP contribution in [0.25, 0.3) is 0 Å². The molecule has 144 valence electrons. The van der Waals surface area contributed by atoms with E-state index in [2.05, 4.69) is 6.92 Å². The van der Waals surface area contributed by atoms with Gasteiger partial charge in [0.05, 0.1) is 6.61 Å². The van der Waals surface area contributed by atoms with Crippen molar-refractivity contribution in [3.63, 3.8) is 0 Å². The van der Waals surface area contributed by atoms with E-state index in [-0.39, 0.29) is 12.3 Å². The number of nitrogens with zero attached hydrogens (tertiary/aromatic N) is 1. The molecule has 0 unspecified atom stereocenters. The van der Waals surface area contributed by atoms with Crippen molar-refractivity contribution in [3.8, 4) is 5.75 Å². The van der Waals surface area contributed by atoms with Crippen LogP contribution < -0.4 is 10.5 Å². The van der Waals surface area contributed by atoms with Crippen LogP contribution >= 0.6 is 0 Å². The molecule has 0 fully saturated rings. The molecule has 5 heteroatoms. The number of rotatable bonds is 11. The first-order valence-corrected chi connectivity index (χ1v) is 9.44. The van der Waals surface area contributed by atoms with E-state index in [1.54, 1.807) is 17.0 Å². The summed E-state index contributed by atoms with van der Waals surface area (Å²) >= 11 is 0. The second kappa shape index (κ2) is 11.0. The summed E-state index contributed by atoms with van der Waals surface area (Å²) in [6, 6.07) is 17.1. The fourth-order valence-electron chi connectivity index (χ4n) is 2.68. The van der Waals surface area contributed by atoms with Gasteiger partial charge in [0.1, 0.15) is 5.75 Å². The lowest BCUT2D eigenvalue weighted by atomic mass is 10.1. The molecule has 0 radical (unpaired) electrons. The number of carbonyl (C=O) groups excluding carboxylic acids is 2. The van der Waals surface area contributed by atoms with Crippen LogP contribution in [0.4, 0.5) is 0 Å². The molecule has 2 aromatic rings. The fourth-order valence-corrected chi connectivity index (χ4v) is 2.68. The third-order valence-electron chi connectivity index (χ3n) is 4.30. The predicted octanol–water partition coefficient (Wildman–Crippen LogP) is 3.43. The topological polar surface area (TPSA) is 72.6 Å². The minimum Gasteiger partial charge on any atom is -0.494 e. The summed E-state index contributed by atoms with van der Waals surface area (Å²) in [6.45, 7) is 3.63. The summed E-state index contributed by atoms with van der Waals surface area (Å²) in [4.78, 5) is 25.7. The van der Waals surface area contributed by atoms with Crippen molar-refractivity contribution in [2.75, 3.05) is 19.7 Å². The molecule has 0 aliphatic rings. The molecule has 0 saturated carbocycles. The van der Waals surface area contributed by atoms with Gasteiger partial charge in [0, 0.05) is 25.1 Å². The van der Waals surface area contributed by atoms with Crippen LogP contribution in [0, 0.1) is 0 Å². The summed E-state index contributed by atoms with van der Waals surface area (Å²) in [5.74, 6) is 0.243. The van der Waals surface area contributed by atoms with Gasteiger partial charge in [-0.1, -0.05) is 43.7 Å². The first-order chi connectivity index (χ1) is 13.1. The summed E-state index contributed by atoms with van der Waals surface area (Å²) in [7, 11) is 0. The second-order valence-electron chi connectivity index (χ2n) is 6.47. The molecule has 2 rings (SSSR count). The Kier molecular flexibility index (Phi) is 8.36. The Hall–Kier alpha value is -2.82. The van der Waals surface area contributed by atoms with Crippen LogP contribution in [-0.2, 0) is 11.2 Å². The molecule has 0 aliphatic heterocycles. The number of unbranched alkanes of at least 4 members (excludes halogenated alkanes) is 1. The third kappa shape index (κ3) is 7.13. The highest BCUT2D eigenvalue weighted by molar-refractivity contribution is 5.94. The zero-order valence-electron chi connectivity index (χ0n) is 15.9. The van der Waals surface area contributed by atoms with Crippen molar-refractivity contribution in [3.05, 3.63) is 65.7 Å². The van der Waals surface area contributed by atoms with Gasteiger partial charge in [-0.25, -0.2) is 0 Å². The van der Waals surface area contributed by atoms with Gasteiger partial charge in [-0.15, -0.1) is 0 Å². The number of nitrogens with two attached hydrogens (primary N) is 1. The molecule has 0 spiro atoms. The molecule has 0 heterocycles. The lowest BCUT2D eigenvalue weighted by molar-refractivity contribution is -0.118. The maximum atomic E-state index is 12.9. The van der Waals surface area contributed by atoms with E-state index in [0.29, 0.717) is 25.3 Å². The molecule has 0 aromatic heterocycles. The highest BCUT2D eigenvalue weighted by atomic mass is 16.5. The number of benzene rings is 2. The molecular weight excluding hydrogens is 340 g/mol. The van der Waals surface area contributed by atoms with Gasteiger partial charge in [0.2, 0.25) is 5.91 Å². The van der Waals surface area contributed by atoms with Gasteiger partial charge >= 0.3 is 0 Å². The second-order valence-corrected chi connectivity index (χ2v) is 6.47. The van der Waals surface area contributed by atoms with Crippen molar-refractivity contribution in [2.24, 2.45) is 5.73 Å². The van der Waals surface area contributed by atoms with E-state index >= 15 is 0 Å². The molecule has 5 nitrogen and oxygen atoms in total. The molecule has 0 bridgehead atoms. The summed E-state index contributed by atoms with van der Waals surface area (Å²) < 4.78 is 5.64. The number of carbonyl (C=O) groups is 2. The standard InChI is InChI=1S/C22H28N2O3/c1-2-3-17-27-20-11-9-19(10-12-20)22(26)24(16-14-21(23)25)15-13-18-7-5-4-6-8-18/h4-12H,2-3,13-17H2,1H3,(H2,23,25). The van der Waals surface area contributed by atoms with Crippen molar-refractivity contribution in [1.29, 1.82) is 0 Å². The SMILES string of the molecule is CCCCOc1ccc(C(=O)N(CCC(N)=O)CCc2ccccc2)cc1. The lowest BCUT2D eigenvalue weighted by Gasteiger charge is -2.22. The number of primary amides is 1. The molecule has 0 atom stereocenters. The van der Waals surface area contributed by atoms with E-state index < -0.39 is 5.91 Å². The van der Waals surface area contributed by atoms with E-state index in [1.807, 2.05) is 42.5 Å². The largest absolute Gasteiger partial charge is 0.494 e. The molecule has 27 heavy (non-hydrogen) atoms. The Bertz CT molecular complexity index is 714. The van der Waals surface area contributed by atoms with Gasteiger partial charge in [-0.3, -0.25) is 9.59 Å². The van der Waals surface area contributed by atoms with E-state index in [1.165, 1.54) is 0 Å². The van der Waals surface area contributed by atoms with E-state index in [0.717, 1.165) is 30.6 Å². The van der Waals surface area contributed by atoms with Crippen molar-refractivity contribution >= 4 is 11.8 Å². The first-order valence-electron chi connectivity index (χ1n) is 9.44. The van der Waals surface area contributed by atoms with Crippen LogP contribution in [0.2, 0.25) is 0 Å². The number of hydrogen-bond acceptors (Lipinski definition) is 3. The predicted molar refractivity (Wildman–Crippen MR) is 107 cm³/mol. The number of amides is 2. The number of ether oxygens (including phenoxy) is 1. The summed E-state index contributed by atoms with van der Waals surface area (Å²) in [6.07, 6.45) is 2.95. The van der Waals surface area contributed by atoms with E-state index in [4.69, 9.17) is 10.5 Å². The minimum atomic E-state index is -0.410. The summed E-state index contributed by atoms with van der Waals surface area (Å²) in [5, 5.41) is 0. The molecule has 0 aliphatic carbocycles. The average molecular weight is 368 g/mol. The summed E-state index contributed by atoms with van der Waals surface area (Å²) in [5.41, 5.74) is 7.00. The van der Waals surface area contributed by atoms with Crippen molar-refractivity contribution in [1.82, 2.24) is 4.90 Å². The van der Waals surface area contributed by atoms with Gasteiger partial charge in [-0.05, 0) is 42.7 Å². The molecule has 2 N–H and O–H groups in total. The Morgan fingerprint density at radius 2 is 1.70 bits per heavy atom. The fraction of sp³-hybridized carbons (Fsp3) is 0.364. The Labute approximate surface area is 161 Å². The number of hydrogen-bond donors (Lipinski definition) is 1. The average Bonchev–Trinajstić information content (AvgIpc) is 2.69. The Morgan fingerprint density at radius 3 is 2.33 bits per heavy atom. The van der Waals surface area contributed by atoms with Crippen LogP contribution in [0.1, 0.15) is 42.1 Å². The molecular formula is C22H28N2O3. The van der Waals surface area contributed by atoms with Crippen molar-refractivity contribution in [2.45, 2.75) is 32.6 Å². The van der Waals surface area contributed by atoms with Gasteiger partial charge in [0.25, 0.3) is 5.91 Å². The zero-order chi connectivity index (χ0) is 19.5. The van der Waals surface area contributed by atoms with Crippen LogP contribution in [0.15, 0.2) is 54.6 Å². The highest BCUT2D eigenvalue weighted by Crippen LogP contribution is 2.15. The van der Waals surface area contributed by atoms with Crippen LogP contribution in [-0.4, -0.2) is 36.4 Å². The Balaban J connectivity index is 2.01. The zero-order valence-corrected chi connectivity index (χ0v) is 15.9. The maximum Gasteiger partial charge on any atom is 0.253 e. The highest BCUT2D eigenvalue weighted by Gasteiger charge is 2.16.